The predicted octanol–water partition coefficient (Wildman–Crippen LogP) is 3.26. The van der Waals surface area contributed by atoms with Gasteiger partial charge < -0.3 is 14.7 Å². The first kappa shape index (κ1) is 22.0. The Morgan fingerprint density at radius 2 is 1.82 bits per heavy atom. The number of nitrogens with zero attached hydrogens (tertiary/aromatic N) is 2. The second-order valence-electron chi connectivity index (χ2n) is 9.42. The highest BCUT2D eigenvalue weighted by atomic mass is 16.5. The van der Waals surface area contributed by atoms with Crippen LogP contribution in [0.4, 0.5) is 0 Å². The second-order valence-corrected chi connectivity index (χ2v) is 9.42. The van der Waals surface area contributed by atoms with Gasteiger partial charge in [0.05, 0.1) is 19.3 Å². The lowest BCUT2D eigenvalue weighted by Gasteiger charge is -2.57. The first-order valence-corrected chi connectivity index (χ1v) is 12.1. The number of carbonyl (C=O) groups excluding carboxylic acids is 1. The Bertz CT molecular complexity index is 1050. The number of rotatable bonds is 4. The third kappa shape index (κ3) is 4.51. The van der Waals surface area contributed by atoms with Crippen LogP contribution in [0.1, 0.15) is 48.3 Å². The number of carbonyl (C=O) groups is 1. The van der Waals surface area contributed by atoms with E-state index in [1.807, 2.05) is 24.3 Å². The van der Waals surface area contributed by atoms with Crippen LogP contribution in [0, 0.1) is 17.8 Å². The van der Waals surface area contributed by atoms with E-state index in [9.17, 15) is 9.90 Å². The quantitative estimate of drug-likeness (QED) is 0.736. The Morgan fingerprint density at radius 1 is 1.06 bits per heavy atom. The van der Waals surface area contributed by atoms with E-state index in [-0.39, 0.29) is 30.5 Å². The van der Waals surface area contributed by atoms with E-state index >= 15 is 0 Å². The van der Waals surface area contributed by atoms with Gasteiger partial charge in [-0.05, 0) is 62.1 Å². The maximum absolute atomic E-state index is 12.8. The topological polar surface area (TPSA) is 53.0 Å². The molecule has 0 aromatic heterocycles. The summed E-state index contributed by atoms with van der Waals surface area (Å²) in [5.41, 5.74) is 3.04. The molecule has 5 nitrogen and oxygen atoms in total. The van der Waals surface area contributed by atoms with Crippen LogP contribution in [-0.2, 0) is 4.79 Å². The molecule has 5 rings (SSSR count). The highest BCUT2D eigenvalue weighted by Gasteiger charge is 2.50. The van der Waals surface area contributed by atoms with Gasteiger partial charge in [-0.2, -0.15) is 0 Å². The summed E-state index contributed by atoms with van der Waals surface area (Å²) in [6, 6.07) is 16.6. The van der Waals surface area contributed by atoms with Crippen molar-refractivity contribution >= 4 is 5.91 Å². The molecule has 2 heterocycles. The van der Waals surface area contributed by atoms with Gasteiger partial charge in [0.25, 0.3) is 0 Å². The standard InChI is InChI=1S/C28H32N2O3/c1-33-26-7-3-2-6-21(26)11-8-20-9-12-22(13-10-20)27-24-18-29(28(32)23-14-15-23)16-4-5-17-30(24)25(27)19-31/h2-3,6-7,9-10,12-13,23-25,27,31H,4-5,14-19H2,1H3/t24-,25-,27-/m0/s1. The van der Waals surface area contributed by atoms with Crippen LogP contribution >= 0.6 is 0 Å². The van der Waals surface area contributed by atoms with Crippen LogP contribution < -0.4 is 4.74 Å². The van der Waals surface area contributed by atoms with Gasteiger partial charge in [0, 0.05) is 42.6 Å². The van der Waals surface area contributed by atoms with Crippen molar-refractivity contribution in [2.45, 2.75) is 43.7 Å². The van der Waals surface area contributed by atoms with Crippen LogP contribution in [0.5, 0.6) is 5.75 Å². The number of hydrogen-bond acceptors (Lipinski definition) is 4. The monoisotopic (exact) mass is 444 g/mol. The molecule has 2 aromatic rings. The average molecular weight is 445 g/mol. The van der Waals surface area contributed by atoms with Gasteiger partial charge in [-0.1, -0.05) is 36.1 Å². The Hall–Kier alpha value is -2.81. The second kappa shape index (κ2) is 9.59. The molecule has 2 saturated heterocycles. The van der Waals surface area contributed by atoms with E-state index < -0.39 is 0 Å². The number of benzene rings is 2. The molecule has 1 amide bonds. The van der Waals surface area contributed by atoms with E-state index in [1.54, 1.807) is 7.11 Å². The molecule has 1 aliphatic carbocycles. The van der Waals surface area contributed by atoms with Crippen LogP contribution in [0.3, 0.4) is 0 Å². The molecule has 3 atom stereocenters. The van der Waals surface area contributed by atoms with E-state index in [1.165, 1.54) is 5.56 Å². The van der Waals surface area contributed by atoms with Crippen molar-refractivity contribution in [2.24, 2.45) is 5.92 Å². The van der Waals surface area contributed by atoms with E-state index in [4.69, 9.17) is 4.74 Å². The molecular weight excluding hydrogens is 412 g/mol. The summed E-state index contributed by atoms with van der Waals surface area (Å²) in [5, 5.41) is 10.1. The fraction of sp³-hybridized carbons (Fsp3) is 0.464. The zero-order chi connectivity index (χ0) is 22.8. The molecule has 2 aliphatic heterocycles. The predicted molar refractivity (Wildman–Crippen MR) is 128 cm³/mol. The lowest BCUT2D eigenvalue weighted by Crippen LogP contribution is -2.68. The van der Waals surface area contributed by atoms with Gasteiger partial charge in [-0.25, -0.2) is 0 Å². The first-order valence-electron chi connectivity index (χ1n) is 12.1. The summed E-state index contributed by atoms with van der Waals surface area (Å²) in [6.07, 6.45) is 4.21. The lowest BCUT2D eigenvalue weighted by molar-refractivity contribution is -0.137. The van der Waals surface area contributed by atoms with Crippen molar-refractivity contribution in [3.05, 3.63) is 65.2 Å². The number of aliphatic hydroxyl groups is 1. The highest BCUT2D eigenvalue weighted by Crippen LogP contribution is 2.42. The number of amides is 1. The zero-order valence-electron chi connectivity index (χ0n) is 19.2. The lowest BCUT2D eigenvalue weighted by atomic mass is 9.74. The molecule has 1 N–H and O–H groups in total. The number of methoxy groups -OCH3 is 1. The third-order valence-corrected chi connectivity index (χ3v) is 7.35. The zero-order valence-corrected chi connectivity index (χ0v) is 19.2. The highest BCUT2D eigenvalue weighted by molar-refractivity contribution is 5.81. The van der Waals surface area contributed by atoms with Crippen LogP contribution in [0.25, 0.3) is 0 Å². The fourth-order valence-corrected chi connectivity index (χ4v) is 5.41. The third-order valence-electron chi connectivity index (χ3n) is 7.35. The van der Waals surface area contributed by atoms with Gasteiger partial charge in [0.15, 0.2) is 0 Å². The summed E-state index contributed by atoms with van der Waals surface area (Å²) in [5.74, 6) is 8.04. The number of ether oxygens (including phenoxy) is 1. The smallest absolute Gasteiger partial charge is 0.225 e. The number of aliphatic hydroxyl groups excluding tert-OH is 1. The Kier molecular flexibility index (Phi) is 6.39. The minimum atomic E-state index is 0.122. The van der Waals surface area contributed by atoms with Crippen molar-refractivity contribution < 1.29 is 14.6 Å². The molecule has 33 heavy (non-hydrogen) atoms. The summed E-state index contributed by atoms with van der Waals surface area (Å²) in [7, 11) is 1.66. The number of para-hydroxylation sites is 1. The van der Waals surface area contributed by atoms with E-state index in [2.05, 4.69) is 45.9 Å². The first-order chi connectivity index (χ1) is 16.2. The molecule has 5 heteroatoms. The van der Waals surface area contributed by atoms with Crippen molar-refractivity contribution in [1.29, 1.82) is 0 Å². The Morgan fingerprint density at radius 3 is 2.55 bits per heavy atom. The Labute approximate surface area is 196 Å². The van der Waals surface area contributed by atoms with E-state index in [0.29, 0.717) is 5.91 Å². The largest absolute Gasteiger partial charge is 0.495 e. The molecule has 2 aromatic carbocycles. The van der Waals surface area contributed by atoms with Crippen molar-refractivity contribution in [3.8, 4) is 17.6 Å². The summed E-state index contributed by atoms with van der Waals surface area (Å²) in [4.78, 5) is 17.3. The summed E-state index contributed by atoms with van der Waals surface area (Å²) >= 11 is 0. The van der Waals surface area contributed by atoms with Crippen molar-refractivity contribution in [1.82, 2.24) is 9.80 Å². The normalized spacial score (nSPS) is 25.0. The average Bonchev–Trinajstić information content (AvgIpc) is 3.68. The Balaban J connectivity index is 1.34. The van der Waals surface area contributed by atoms with Gasteiger partial charge in [0.1, 0.15) is 5.75 Å². The van der Waals surface area contributed by atoms with Gasteiger partial charge in [-0.15, -0.1) is 0 Å². The van der Waals surface area contributed by atoms with Gasteiger partial charge in [0.2, 0.25) is 5.91 Å². The molecule has 3 aliphatic rings. The molecular formula is C28H32N2O3. The maximum Gasteiger partial charge on any atom is 0.225 e. The van der Waals surface area contributed by atoms with Crippen LogP contribution in [0.15, 0.2) is 48.5 Å². The van der Waals surface area contributed by atoms with Gasteiger partial charge >= 0.3 is 0 Å². The van der Waals surface area contributed by atoms with Crippen molar-refractivity contribution in [3.63, 3.8) is 0 Å². The van der Waals surface area contributed by atoms with Crippen LogP contribution in [0.2, 0.25) is 0 Å². The number of fused-ring (bicyclic) bond motifs is 1. The molecule has 1 saturated carbocycles. The van der Waals surface area contributed by atoms with Crippen LogP contribution in [-0.4, -0.2) is 66.2 Å². The molecule has 0 unspecified atom stereocenters. The minimum absolute atomic E-state index is 0.122. The molecule has 172 valence electrons. The fourth-order valence-electron chi connectivity index (χ4n) is 5.41. The summed E-state index contributed by atoms with van der Waals surface area (Å²) in [6.45, 7) is 2.78. The molecule has 0 radical (unpaired) electrons. The van der Waals surface area contributed by atoms with Crippen molar-refractivity contribution in [2.75, 3.05) is 33.4 Å². The molecule has 0 spiro atoms. The molecule has 0 bridgehead atoms. The van der Waals surface area contributed by atoms with E-state index in [0.717, 1.165) is 62.2 Å². The number of hydrogen-bond donors (Lipinski definition) is 1. The molecule has 3 fully saturated rings. The van der Waals surface area contributed by atoms with Gasteiger partial charge in [-0.3, -0.25) is 9.69 Å². The summed E-state index contributed by atoms with van der Waals surface area (Å²) < 4.78 is 5.39. The SMILES string of the molecule is COc1ccccc1C#Cc1ccc([C@@H]2[C@H](CO)N3CCCCN(C(=O)C4CC4)C[C@@H]23)cc1. The minimum Gasteiger partial charge on any atom is -0.495 e. The maximum atomic E-state index is 12.8.